The van der Waals surface area contributed by atoms with E-state index in [1.54, 1.807) is 0 Å². The minimum Gasteiger partial charge on any atom is -0.392 e. The molecule has 1 aromatic heterocycles. The summed E-state index contributed by atoms with van der Waals surface area (Å²) < 4.78 is 26.2. The molecular formula is C8H12BrN3O3S. The van der Waals surface area contributed by atoms with Crippen molar-refractivity contribution in [1.29, 1.82) is 0 Å². The van der Waals surface area contributed by atoms with Crippen molar-refractivity contribution in [2.45, 2.75) is 17.9 Å². The van der Waals surface area contributed by atoms with E-state index in [-0.39, 0.29) is 17.3 Å². The molecule has 0 saturated heterocycles. The number of nitrogens with zero attached hydrogens (tertiary/aromatic N) is 1. The number of nitrogens with two attached hydrogens (primary N) is 1. The molecule has 90 valence electrons. The van der Waals surface area contributed by atoms with Crippen LogP contribution in [0.2, 0.25) is 0 Å². The number of nitrogens with one attached hydrogen (secondary N) is 1. The van der Waals surface area contributed by atoms with Crippen molar-refractivity contribution in [2.75, 3.05) is 12.3 Å². The van der Waals surface area contributed by atoms with Gasteiger partial charge in [0.25, 0.3) is 0 Å². The number of pyridine rings is 1. The Morgan fingerprint density at radius 1 is 1.69 bits per heavy atom. The Morgan fingerprint density at radius 3 is 2.88 bits per heavy atom. The Labute approximate surface area is 102 Å². The average Bonchev–Trinajstić information content (AvgIpc) is 2.19. The Bertz CT molecular complexity index is 475. The Morgan fingerprint density at radius 2 is 2.31 bits per heavy atom. The summed E-state index contributed by atoms with van der Waals surface area (Å²) in [5.74, 6) is -0.0821. The van der Waals surface area contributed by atoms with Crippen LogP contribution in [0.1, 0.15) is 6.92 Å². The maximum Gasteiger partial charge on any atom is 0.244 e. The van der Waals surface area contributed by atoms with Crippen LogP contribution in [0.15, 0.2) is 21.6 Å². The first kappa shape index (κ1) is 13.4. The van der Waals surface area contributed by atoms with E-state index < -0.39 is 16.1 Å². The maximum absolute atomic E-state index is 11.7. The van der Waals surface area contributed by atoms with Gasteiger partial charge in [0.2, 0.25) is 10.0 Å². The second-order valence-electron chi connectivity index (χ2n) is 3.24. The molecule has 0 radical (unpaired) electrons. The molecule has 0 aromatic carbocycles. The Balaban J connectivity index is 3.02. The first-order valence-electron chi connectivity index (χ1n) is 4.41. The van der Waals surface area contributed by atoms with E-state index in [1.165, 1.54) is 19.2 Å². The number of halogens is 1. The van der Waals surface area contributed by atoms with Crippen LogP contribution >= 0.6 is 15.9 Å². The van der Waals surface area contributed by atoms with Crippen molar-refractivity contribution < 1.29 is 13.5 Å². The van der Waals surface area contributed by atoms with Gasteiger partial charge in [-0.15, -0.1) is 0 Å². The molecule has 0 amide bonds. The molecule has 0 aliphatic rings. The molecule has 16 heavy (non-hydrogen) atoms. The van der Waals surface area contributed by atoms with Gasteiger partial charge < -0.3 is 10.8 Å². The van der Waals surface area contributed by atoms with Gasteiger partial charge in [-0.05, 0) is 28.9 Å². The van der Waals surface area contributed by atoms with Crippen molar-refractivity contribution in [3.63, 3.8) is 0 Å². The summed E-state index contributed by atoms with van der Waals surface area (Å²) in [4.78, 5) is 3.61. The minimum atomic E-state index is -3.74. The molecule has 1 atom stereocenters. The van der Waals surface area contributed by atoms with Crippen LogP contribution in [0, 0.1) is 0 Å². The van der Waals surface area contributed by atoms with Crippen LogP contribution in [0.3, 0.4) is 0 Å². The molecule has 0 saturated carbocycles. The summed E-state index contributed by atoms with van der Waals surface area (Å²) in [5.41, 5.74) is 5.47. The molecule has 4 N–H and O–H groups in total. The predicted octanol–water partition coefficient (Wildman–Crippen LogP) is 0.0854. The predicted molar refractivity (Wildman–Crippen MR) is 63.2 cm³/mol. The molecule has 8 heteroatoms. The monoisotopic (exact) mass is 309 g/mol. The van der Waals surface area contributed by atoms with Crippen LogP contribution in [0.25, 0.3) is 0 Å². The third-order valence-electron chi connectivity index (χ3n) is 1.71. The van der Waals surface area contributed by atoms with Crippen molar-refractivity contribution in [1.82, 2.24) is 9.71 Å². The second-order valence-corrected chi connectivity index (χ2v) is 5.89. The number of hydrogen-bond acceptors (Lipinski definition) is 5. The van der Waals surface area contributed by atoms with Gasteiger partial charge in [0.1, 0.15) is 10.7 Å². The fourth-order valence-corrected chi connectivity index (χ4v) is 2.66. The second kappa shape index (κ2) is 5.09. The van der Waals surface area contributed by atoms with Gasteiger partial charge in [-0.3, -0.25) is 0 Å². The van der Waals surface area contributed by atoms with Crippen LogP contribution in [0.5, 0.6) is 0 Å². The van der Waals surface area contributed by atoms with Gasteiger partial charge in [-0.2, -0.15) is 0 Å². The first-order chi connectivity index (χ1) is 7.33. The van der Waals surface area contributed by atoms with Crippen LogP contribution in [-0.2, 0) is 10.0 Å². The zero-order valence-electron chi connectivity index (χ0n) is 8.51. The Hall–Kier alpha value is -0.700. The molecule has 6 nitrogen and oxygen atoms in total. The fraction of sp³-hybridized carbons (Fsp3) is 0.375. The molecule has 0 aliphatic heterocycles. The number of hydrogen-bond donors (Lipinski definition) is 3. The molecule has 1 heterocycles. The fourth-order valence-electron chi connectivity index (χ4n) is 0.955. The van der Waals surface area contributed by atoms with Gasteiger partial charge in [0, 0.05) is 17.2 Å². The summed E-state index contributed by atoms with van der Waals surface area (Å²) in [5, 5.41) is 9.00. The number of anilines is 1. The summed E-state index contributed by atoms with van der Waals surface area (Å²) >= 11 is 3.11. The molecule has 0 aliphatic carbocycles. The lowest BCUT2D eigenvalue weighted by atomic mass is 10.4. The molecular weight excluding hydrogens is 298 g/mol. The van der Waals surface area contributed by atoms with E-state index in [0.717, 1.165) is 0 Å². The molecule has 0 bridgehead atoms. The molecule has 0 fully saturated rings. The highest BCUT2D eigenvalue weighted by Crippen LogP contribution is 2.20. The summed E-state index contributed by atoms with van der Waals surface area (Å²) in [6.07, 6.45) is 0.638. The van der Waals surface area contributed by atoms with Gasteiger partial charge in [-0.1, -0.05) is 0 Å². The number of nitrogen functional groups attached to an aromatic ring is 1. The van der Waals surface area contributed by atoms with Crippen molar-refractivity contribution >= 4 is 31.8 Å². The lowest BCUT2D eigenvalue weighted by Crippen LogP contribution is -2.31. The number of aliphatic hydroxyl groups excluding tert-OH is 1. The number of sulfonamides is 1. The lowest BCUT2D eigenvalue weighted by molar-refractivity contribution is 0.198. The highest BCUT2D eigenvalue weighted by atomic mass is 79.9. The standard InChI is InChI=1S/C8H12BrN3O3S/c1-5(13)3-12-16(14,15)7-2-6(9)4-11-8(7)10/h2,4-5,12-13H,3H2,1H3,(H2,10,11). The lowest BCUT2D eigenvalue weighted by Gasteiger charge is -2.09. The molecule has 1 rings (SSSR count). The van der Waals surface area contributed by atoms with E-state index >= 15 is 0 Å². The summed E-state index contributed by atoms with van der Waals surface area (Å²) in [7, 11) is -3.74. The summed E-state index contributed by atoms with van der Waals surface area (Å²) in [6, 6.07) is 1.35. The van der Waals surface area contributed by atoms with Crippen molar-refractivity contribution in [3.8, 4) is 0 Å². The number of aromatic nitrogens is 1. The number of aliphatic hydroxyl groups is 1. The van der Waals surface area contributed by atoms with Gasteiger partial charge in [-0.25, -0.2) is 18.1 Å². The zero-order chi connectivity index (χ0) is 12.3. The summed E-state index contributed by atoms with van der Waals surface area (Å²) in [6.45, 7) is 1.40. The quantitative estimate of drug-likeness (QED) is 0.731. The Kier molecular flexibility index (Phi) is 4.25. The van der Waals surface area contributed by atoms with Crippen molar-refractivity contribution in [3.05, 3.63) is 16.7 Å². The van der Waals surface area contributed by atoms with E-state index in [2.05, 4.69) is 25.6 Å². The van der Waals surface area contributed by atoms with E-state index in [9.17, 15) is 8.42 Å². The third kappa shape index (κ3) is 3.41. The van der Waals surface area contributed by atoms with Crippen LogP contribution in [-0.4, -0.2) is 31.2 Å². The first-order valence-corrected chi connectivity index (χ1v) is 6.69. The highest BCUT2D eigenvalue weighted by Gasteiger charge is 2.18. The third-order valence-corrected chi connectivity index (χ3v) is 3.59. The average molecular weight is 310 g/mol. The van der Waals surface area contributed by atoms with Gasteiger partial charge >= 0.3 is 0 Å². The number of rotatable bonds is 4. The van der Waals surface area contributed by atoms with E-state index in [4.69, 9.17) is 10.8 Å². The van der Waals surface area contributed by atoms with Crippen LogP contribution < -0.4 is 10.5 Å². The smallest absolute Gasteiger partial charge is 0.244 e. The van der Waals surface area contributed by atoms with E-state index in [1.807, 2.05) is 0 Å². The topological polar surface area (TPSA) is 105 Å². The molecule has 0 spiro atoms. The molecule has 1 aromatic rings. The maximum atomic E-state index is 11.7. The van der Waals surface area contributed by atoms with Crippen molar-refractivity contribution in [2.24, 2.45) is 0 Å². The van der Waals surface area contributed by atoms with Crippen LogP contribution in [0.4, 0.5) is 5.82 Å². The highest BCUT2D eigenvalue weighted by molar-refractivity contribution is 9.10. The van der Waals surface area contributed by atoms with Gasteiger partial charge in [0.05, 0.1) is 6.10 Å². The SMILES string of the molecule is CC(O)CNS(=O)(=O)c1cc(Br)cnc1N. The molecule has 1 unspecified atom stereocenters. The van der Waals surface area contributed by atoms with E-state index in [0.29, 0.717) is 4.47 Å². The zero-order valence-corrected chi connectivity index (χ0v) is 10.9. The largest absolute Gasteiger partial charge is 0.392 e. The normalized spacial score (nSPS) is 13.7. The minimum absolute atomic E-state index is 0.0751. The van der Waals surface area contributed by atoms with Gasteiger partial charge in [0.15, 0.2) is 0 Å².